The Morgan fingerprint density at radius 3 is 2.72 bits per heavy atom. The molecule has 4 heterocycles. The third kappa shape index (κ3) is 4.78. The minimum Gasteiger partial charge on any atom is -0.475 e. The summed E-state index contributed by atoms with van der Waals surface area (Å²) in [7, 11) is 0. The van der Waals surface area contributed by atoms with E-state index in [1.807, 2.05) is 44.3 Å². The number of carboxylic acid groups (broad SMARTS) is 1. The molecule has 0 amide bonds. The van der Waals surface area contributed by atoms with Gasteiger partial charge in [0.2, 0.25) is 11.7 Å². The van der Waals surface area contributed by atoms with Crippen molar-refractivity contribution in [1.82, 2.24) is 25.0 Å². The van der Waals surface area contributed by atoms with Crippen LogP contribution in [0.1, 0.15) is 34.0 Å². The van der Waals surface area contributed by atoms with Crippen LogP contribution in [0.15, 0.2) is 35.0 Å². The topological polar surface area (TPSA) is 130 Å². The van der Waals surface area contributed by atoms with Crippen molar-refractivity contribution in [1.29, 1.82) is 5.26 Å². The van der Waals surface area contributed by atoms with Crippen molar-refractivity contribution in [2.75, 3.05) is 6.54 Å². The van der Waals surface area contributed by atoms with Gasteiger partial charge in [-0.1, -0.05) is 23.4 Å². The molecule has 0 radical (unpaired) electrons. The Bertz CT molecular complexity index is 1480. The normalized spacial score (nSPS) is 13.0. The fourth-order valence-electron chi connectivity index (χ4n) is 4.20. The number of hydrogen-bond acceptors (Lipinski definition) is 7. The van der Waals surface area contributed by atoms with Crippen molar-refractivity contribution in [3.05, 3.63) is 64.4 Å². The minimum atomic E-state index is -5.08. The first kappa shape index (κ1) is 24.9. The Morgan fingerprint density at radius 1 is 1.31 bits per heavy atom. The summed E-state index contributed by atoms with van der Waals surface area (Å²) in [5, 5.41) is 25.3. The van der Waals surface area contributed by atoms with Crippen molar-refractivity contribution in [3.63, 3.8) is 0 Å². The highest BCUT2D eigenvalue weighted by Crippen LogP contribution is 2.30. The number of halogens is 3. The van der Waals surface area contributed by atoms with Crippen LogP contribution in [0.5, 0.6) is 0 Å². The number of nitrogens with one attached hydrogen (secondary N) is 1. The number of hydrogen-bond donors (Lipinski definition) is 2. The summed E-state index contributed by atoms with van der Waals surface area (Å²) in [5.41, 5.74) is 6.90. The van der Waals surface area contributed by atoms with Gasteiger partial charge in [-0.2, -0.15) is 23.4 Å². The summed E-state index contributed by atoms with van der Waals surface area (Å²) in [4.78, 5) is 18.1. The molecule has 2 N–H and O–H groups in total. The van der Waals surface area contributed by atoms with Gasteiger partial charge < -0.3 is 19.5 Å². The number of carbonyl (C=O) groups is 1. The van der Waals surface area contributed by atoms with Gasteiger partial charge in [0.25, 0.3) is 0 Å². The summed E-state index contributed by atoms with van der Waals surface area (Å²) < 4.78 is 39.4. The van der Waals surface area contributed by atoms with Crippen LogP contribution in [-0.4, -0.2) is 43.5 Å². The second-order valence-corrected chi connectivity index (χ2v) is 8.14. The Labute approximate surface area is 203 Å². The zero-order chi connectivity index (χ0) is 26.0. The van der Waals surface area contributed by atoms with Gasteiger partial charge in [0.05, 0.1) is 11.1 Å². The van der Waals surface area contributed by atoms with Gasteiger partial charge in [0, 0.05) is 35.1 Å². The maximum atomic E-state index is 10.6. The number of carboxylic acids is 1. The lowest BCUT2D eigenvalue weighted by Crippen LogP contribution is -2.24. The molecule has 0 saturated carbocycles. The molecule has 5 rings (SSSR count). The summed E-state index contributed by atoms with van der Waals surface area (Å²) in [6, 6.07) is 10.2. The van der Waals surface area contributed by atoms with Gasteiger partial charge in [-0.05, 0) is 44.0 Å². The number of pyridine rings is 1. The highest BCUT2D eigenvalue weighted by molar-refractivity contribution is 5.88. The first-order valence-electron chi connectivity index (χ1n) is 10.9. The van der Waals surface area contributed by atoms with Crippen LogP contribution < -0.4 is 5.32 Å². The number of aryl methyl sites for hydroxylation is 1. The van der Waals surface area contributed by atoms with E-state index < -0.39 is 12.1 Å². The monoisotopic (exact) mass is 498 g/mol. The zero-order valence-electron chi connectivity index (χ0n) is 19.3. The smallest absolute Gasteiger partial charge is 0.475 e. The Balaban J connectivity index is 0.000000384. The zero-order valence-corrected chi connectivity index (χ0v) is 19.3. The van der Waals surface area contributed by atoms with E-state index >= 15 is 0 Å². The Kier molecular flexibility index (Phi) is 6.76. The molecule has 1 aliphatic rings. The first-order valence-corrected chi connectivity index (χ1v) is 10.9. The summed E-state index contributed by atoms with van der Waals surface area (Å²) in [6.07, 6.45) is -2.23. The van der Waals surface area contributed by atoms with Crippen molar-refractivity contribution in [2.45, 2.75) is 39.5 Å². The summed E-state index contributed by atoms with van der Waals surface area (Å²) >= 11 is 0. The van der Waals surface area contributed by atoms with E-state index in [9.17, 15) is 18.4 Å². The van der Waals surface area contributed by atoms with Gasteiger partial charge in [-0.3, -0.25) is 4.98 Å². The molecular weight excluding hydrogens is 477 g/mol. The second kappa shape index (κ2) is 9.79. The van der Waals surface area contributed by atoms with Gasteiger partial charge >= 0.3 is 12.1 Å². The molecular formula is C24H21F3N6O3. The van der Waals surface area contributed by atoms with Crippen LogP contribution in [0, 0.1) is 25.2 Å². The molecule has 0 bridgehead atoms. The number of aliphatic carboxylic acids is 1. The molecule has 0 aliphatic carbocycles. The number of aromatic nitrogens is 4. The predicted octanol–water partition coefficient (Wildman–Crippen LogP) is 3.90. The summed E-state index contributed by atoms with van der Waals surface area (Å²) in [5.74, 6) is -1.66. The van der Waals surface area contributed by atoms with Crippen LogP contribution in [0.25, 0.3) is 22.3 Å². The fourth-order valence-corrected chi connectivity index (χ4v) is 4.20. The quantitative estimate of drug-likeness (QED) is 0.435. The third-order valence-corrected chi connectivity index (χ3v) is 5.90. The van der Waals surface area contributed by atoms with Crippen LogP contribution in [0.2, 0.25) is 0 Å². The number of rotatable bonds is 3. The second-order valence-electron chi connectivity index (χ2n) is 8.14. The largest absolute Gasteiger partial charge is 0.490 e. The molecule has 0 spiro atoms. The lowest BCUT2D eigenvalue weighted by molar-refractivity contribution is -0.192. The average molecular weight is 498 g/mol. The van der Waals surface area contributed by atoms with E-state index in [2.05, 4.69) is 31.1 Å². The highest BCUT2D eigenvalue weighted by Gasteiger charge is 2.38. The summed E-state index contributed by atoms with van der Waals surface area (Å²) in [6.45, 7) is 6.09. The van der Waals surface area contributed by atoms with Crippen LogP contribution >= 0.6 is 0 Å². The van der Waals surface area contributed by atoms with Crippen LogP contribution in [-0.2, 0) is 24.3 Å². The maximum Gasteiger partial charge on any atom is 0.490 e. The predicted molar refractivity (Wildman–Crippen MR) is 122 cm³/mol. The molecule has 186 valence electrons. The van der Waals surface area contributed by atoms with Gasteiger partial charge in [-0.15, -0.1) is 0 Å². The van der Waals surface area contributed by atoms with Crippen molar-refractivity contribution >= 4 is 16.9 Å². The number of alkyl halides is 3. The van der Waals surface area contributed by atoms with Gasteiger partial charge in [0.1, 0.15) is 12.6 Å². The van der Waals surface area contributed by atoms with Crippen molar-refractivity contribution < 1.29 is 27.6 Å². The Hall–Kier alpha value is -4.24. The van der Waals surface area contributed by atoms with E-state index in [1.165, 1.54) is 11.1 Å². The molecule has 9 nitrogen and oxygen atoms in total. The minimum absolute atomic E-state index is 0.421. The fraction of sp³-hybridized carbons (Fsp3) is 0.292. The van der Waals surface area contributed by atoms with E-state index in [1.54, 1.807) is 0 Å². The third-order valence-electron chi connectivity index (χ3n) is 5.90. The molecule has 0 fully saturated rings. The number of nitrogens with zero attached hydrogens (tertiary/aromatic N) is 5. The Morgan fingerprint density at radius 2 is 2.03 bits per heavy atom. The molecule has 3 aromatic heterocycles. The molecule has 1 aromatic carbocycles. The van der Waals surface area contributed by atoms with E-state index in [-0.39, 0.29) is 0 Å². The molecule has 1 aliphatic heterocycles. The van der Waals surface area contributed by atoms with E-state index in [4.69, 9.17) is 14.4 Å². The molecule has 0 saturated heterocycles. The molecule has 12 heteroatoms. The maximum absolute atomic E-state index is 10.6. The molecule has 0 atom stereocenters. The number of fused-ring (bicyclic) bond motifs is 2. The standard InChI is InChI=1S/C22H20N6O.C2HF3O2/c1-13-21(16-7-8-24-10-15(16)11-25-13)22-26-20(29-27-22)12-28-14(2)18(9-23)17-5-3-4-6-19(17)28;3-2(4,5)1(6)7/h3-6,11,24H,7-8,10,12H2,1-2H3;(H,6,7). The van der Waals surface area contributed by atoms with Crippen molar-refractivity contribution in [2.24, 2.45) is 0 Å². The molecule has 36 heavy (non-hydrogen) atoms. The van der Waals surface area contributed by atoms with E-state index in [0.717, 1.165) is 47.4 Å². The van der Waals surface area contributed by atoms with Gasteiger partial charge in [0.15, 0.2) is 0 Å². The number of benzene rings is 1. The lowest BCUT2D eigenvalue weighted by Gasteiger charge is -2.19. The van der Waals surface area contributed by atoms with E-state index in [0.29, 0.717) is 23.8 Å². The van der Waals surface area contributed by atoms with Crippen LogP contribution in [0.4, 0.5) is 13.2 Å². The van der Waals surface area contributed by atoms with Crippen LogP contribution in [0.3, 0.4) is 0 Å². The van der Waals surface area contributed by atoms with Gasteiger partial charge in [-0.25, -0.2) is 4.79 Å². The average Bonchev–Trinajstić information content (AvgIpc) is 3.41. The molecule has 4 aromatic rings. The lowest BCUT2D eigenvalue weighted by atomic mass is 9.95. The van der Waals surface area contributed by atoms with Crippen molar-refractivity contribution in [3.8, 4) is 17.5 Å². The first-order chi connectivity index (χ1) is 17.1. The molecule has 0 unspecified atom stereocenters. The number of nitriles is 1. The highest BCUT2D eigenvalue weighted by atomic mass is 19.4. The SMILES string of the molecule is Cc1ncc2c(c1-c1noc(Cn3c(C)c(C#N)c4ccccc43)n1)CCNC2.O=C(O)C(F)(F)F. The number of para-hydroxylation sites is 1.